The number of hydrogen-bond donors (Lipinski definition) is 4. The van der Waals surface area contributed by atoms with Crippen molar-refractivity contribution in [2.75, 3.05) is 23.7 Å². The molecule has 1 aromatic heterocycles. The standard InChI is InChI=1S/C13H18ClN5/c14-10-4-3-5-11(8-10)18-12-9-17-19-13(12)16-7-2-1-6-15/h3-5,8-9,18H,1-2,6-7,15H2,(H2,16,17,19). The zero-order chi connectivity index (χ0) is 13.5. The molecule has 102 valence electrons. The second-order valence-corrected chi connectivity index (χ2v) is 4.65. The van der Waals surface area contributed by atoms with E-state index in [2.05, 4.69) is 20.8 Å². The van der Waals surface area contributed by atoms with Crippen LogP contribution in [0.3, 0.4) is 0 Å². The smallest absolute Gasteiger partial charge is 0.145 e. The average Bonchev–Trinajstić information content (AvgIpc) is 2.82. The Bertz CT molecular complexity index is 511. The molecule has 0 radical (unpaired) electrons. The number of unbranched alkanes of at least 4 members (excludes halogenated alkanes) is 1. The van der Waals surface area contributed by atoms with Crippen molar-refractivity contribution in [1.82, 2.24) is 10.2 Å². The fourth-order valence-corrected chi connectivity index (χ4v) is 1.91. The van der Waals surface area contributed by atoms with E-state index in [0.717, 1.165) is 43.1 Å². The van der Waals surface area contributed by atoms with E-state index in [1.54, 1.807) is 6.20 Å². The second kappa shape index (κ2) is 7.01. The van der Waals surface area contributed by atoms with Gasteiger partial charge in [-0.1, -0.05) is 17.7 Å². The number of H-pyrrole nitrogens is 1. The molecule has 0 bridgehead atoms. The van der Waals surface area contributed by atoms with Crippen molar-refractivity contribution in [2.45, 2.75) is 12.8 Å². The number of anilines is 3. The first-order valence-electron chi connectivity index (χ1n) is 6.29. The molecule has 2 rings (SSSR count). The Hall–Kier alpha value is -1.72. The van der Waals surface area contributed by atoms with E-state index in [0.29, 0.717) is 5.02 Å². The maximum Gasteiger partial charge on any atom is 0.145 e. The first kappa shape index (κ1) is 13.7. The number of rotatable bonds is 7. The maximum atomic E-state index is 5.95. The van der Waals surface area contributed by atoms with Gasteiger partial charge in [-0.25, -0.2) is 0 Å². The highest BCUT2D eigenvalue weighted by Crippen LogP contribution is 2.24. The number of nitrogens with zero attached hydrogens (tertiary/aromatic N) is 1. The third-order valence-electron chi connectivity index (χ3n) is 2.68. The van der Waals surface area contributed by atoms with Crippen LogP contribution in [0.15, 0.2) is 30.5 Å². The highest BCUT2D eigenvalue weighted by molar-refractivity contribution is 6.30. The molecule has 5 nitrogen and oxygen atoms in total. The van der Waals surface area contributed by atoms with Gasteiger partial charge in [0.2, 0.25) is 0 Å². The van der Waals surface area contributed by atoms with Gasteiger partial charge in [0.1, 0.15) is 11.5 Å². The summed E-state index contributed by atoms with van der Waals surface area (Å²) in [6, 6.07) is 7.57. The minimum absolute atomic E-state index is 0.700. The topological polar surface area (TPSA) is 78.8 Å². The van der Waals surface area contributed by atoms with Crippen molar-refractivity contribution >= 4 is 28.8 Å². The first-order chi connectivity index (χ1) is 9.29. The molecule has 0 aliphatic carbocycles. The van der Waals surface area contributed by atoms with Crippen LogP contribution in [-0.4, -0.2) is 23.3 Å². The van der Waals surface area contributed by atoms with Gasteiger partial charge in [-0.2, -0.15) is 5.10 Å². The molecule has 2 aromatic rings. The Morgan fingerprint density at radius 1 is 1.32 bits per heavy atom. The molecule has 0 amide bonds. The van der Waals surface area contributed by atoms with Gasteiger partial charge in [-0.05, 0) is 37.6 Å². The van der Waals surface area contributed by atoms with Gasteiger partial charge in [0, 0.05) is 17.3 Å². The second-order valence-electron chi connectivity index (χ2n) is 4.22. The monoisotopic (exact) mass is 279 g/mol. The summed E-state index contributed by atoms with van der Waals surface area (Å²) in [7, 11) is 0. The van der Waals surface area contributed by atoms with Crippen molar-refractivity contribution in [1.29, 1.82) is 0 Å². The van der Waals surface area contributed by atoms with E-state index in [1.165, 1.54) is 0 Å². The normalized spacial score (nSPS) is 10.4. The van der Waals surface area contributed by atoms with Crippen molar-refractivity contribution in [3.8, 4) is 0 Å². The molecule has 0 spiro atoms. The van der Waals surface area contributed by atoms with Crippen LogP contribution >= 0.6 is 11.6 Å². The van der Waals surface area contributed by atoms with Crippen LogP contribution in [0.5, 0.6) is 0 Å². The van der Waals surface area contributed by atoms with E-state index in [-0.39, 0.29) is 0 Å². The summed E-state index contributed by atoms with van der Waals surface area (Å²) >= 11 is 5.95. The molecule has 6 heteroatoms. The van der Waals surface area contributed by atoms with E-state index < -0.39 is 0 Å². The molecule has 0 aliphatic rings. The number of nitrogens with one attached hydrogen (secondary N) is 3. The van der Waals surface area contributed by atoms with Crippen molar-refractivity contribution < 1.29 is 0 Å². The highest BCUT2D eigenvalue weighted by Gasteiger charge is 2.04. The Labute approximate surface area is 117 Å². The molecule has 0 unspecified atom stereocenters. The van der Waals surface area contributed by atoms with Crippen molar-refractivity contribution in [3.05, 3.63) is 35.5 Å². The van der Waals surface area contributed by atoms with Crippen LogP contribution in [0.2, 0.25) is 5.02 Å². The summed E-state index contributed by atoms with van der Waals surface area (Å²) < 4.78 is 0. The molecule has 19 heavy (non-hydrogen) atoms. The van der Waals surface area contributed by atoms with Gasteiger partial charge in [0.25, 0.3) is 0 Å². The molecule has 0 fully saturated rings. The average molecular weight is 280 g/mol. The third-order valence-corrected chi connectivity index (χ3v) is 2.91. The van der Waals surface area contributed by atoms with E-state index in [1.807, 2.05) is 24.3 Å². The van der Waals surface area contributed by atoms with Gasteiger partial charge < -0.3 is 16.4 Å². The molecule has 1 aromatic carbocycles. The van der Waals surface area contributed by atoms with Gasteiger partial charge in [-0.15, -0.1) is 0 Å². The lowest BCUT2D eigenvalue weighted by Gasteiger charge is -2.09. The zero-order valence-corrected chi connectivity index (χ0v) is 11.4. The van der Waals surface area contributed by atoms with E-state index in [9.17, 15) is 0 Å². The first-order valence-corrected chi connectivity index (χ1v) is 6.67. The largest absolute Gasteiger partial charge is 0.369 e. The minimum Gasteiger partial charge on any atom is -0.369 e. The number of aromatic nitrogens is 2. The lowest BCUT2D eigenvalue weighted by molar-refractivity contribution is 0.772. The Morgan fingerprint density at radius 3 is 3.00 bits per heavy atom. The number of aromatic amines is 1. The molecule has 1 heterocycles. The van der Waals surface area contributed by atoms with Crippen LogP contribution < -0.4 is 16.4 Å². The summed E-state index contributed by atoms with van der Waals surface area (Å²) in [4.78, 5) is 0. The Morgan fingerprint density at radius 2 is 2.21 bits per heavy atom. The Kier molecular flexibility index (Phi) is 5.06. The lowest BCUT2D eigenvalue weighted by atomic mass is 10.3. The van der Waals surface area contributed by atoms with E-state index in [4.69, 9.17) is 17.3 Å². The van der Waals surface area contributed by atoms with Crippen LogP contribution in [0.1, 0.15) is 12.8 Å². The van der Waals surface area contributed by atoms with Gasteiger partial charge in [-0.3, -0.25) is 5.10 Å². The highest BCUT2D eigenvalue weighted by atomic mass is 35.5. The van der Waals surface area contributed by atoms with Gasteiger partial charge >= 0.3 is 0 Å². The molecule has 0 aliphatic heterocycles. The number of halogens is 1. The summed E-state index contributed by atoms with van der Waals surface area (Å²) in [5.41, 5.74) is 7.29. The van der Waals surface area contributed by atoms with Crippen LogP contribution in [0.25, 0.3) is 0 Å². The maximum absolute atomic E-state index is 5.95. The lowest BCUT2D eigenvalue weighted by Crippen LogP contribution is -2.07. The SMILES string of the molecule is NCCCCNc1[nH]ncc1Nc1cccc(Cl)c1. The predicted octanol–water partition coefficient (Wildman–Crippen LogP) is 2.96. The minimum atomic E-state index is 0.700. The fraction of sp³-hybridized carbons (Fsp3) is 0.308. The summed E-state index contributed by atoms with van der Waals surface area (Å²) in [6.45, 7) is 1.59. The predicted molar refractivity (Wildman–Crippen MR) is 80.1 cm³/mol. The quantitative estimate of drug-likeness (QED) is 0.588. The molecule has 0 atom stereocenters. The van der Waals surface area contributed by atoms with Crippen LogP contribution in [0.4, 0.5) is 17.2 Å². The van der Waals surface area contributed by atoms with Crippen LogP contribution in [-0.2, 0) is 0 Å². The molecule has 0 saturated heterocycles. The molecular formula is C13H18ClN5. The van der Waals surface area contributed by atoms with Gasteiger partial charge in [0.05, 0.1) is 6.20 Å². The third kappa shape index (κ3) is 4.15. The van der Waals surface area contributed by atoms with Crippen molar-refractivity contribution in [2.24, 2.45) is 5.73 Å². The Balaban J connectivity index is 1.95. The van der Waals surface area contributed by atoms with Gasteiger partial charge in [0.15, 0.2) is 0 Å². The number of hydrogen-bond acceptors (Lipinski definition) is 4. The van der Waals surface area contributed by atoms with Crippen molar-refractivity contribution in [3.63, 3.8) is 0 Å². The fourth-order valence-electron chi connectivity index (χ4n) is 1.72. The summed E-state index contributed by atoms with van der Waals surface area (Å²) in [5.74, 6) is 0.872. The molecule has 5 N–H and O–H groups in total. The summed E-state index contributed by atoms with van der Waals surface area (Å²) in [5, 5.41) is 14.2. The number of nitrogens with two attached hydrogens (primary N) is 1. The van der Waals surface area contributed by atoms with E-state index >= 15 is 0 Å². The zero-order valence-electron chi connectivity index (χ0n) is 10.6. The van der Waals surface area contributed by atoms with Crippen LogP contribution in [0, 0.1) is 0 Å². The number of benzene rings is 1. The molecular weight excluding hydrogens is 262 g/mol. The molecule has 0 saturated carbocycles. The summed E-state index contributed by atoms with van der Waals surface area (Å²) in [6.07, 6.45) is 3.79.